The molecule has 0 aliphatic carbocycles. The van der Waals surface area contributed by atoms with E-state index in [1.165, 1.54) is 16.2 Å². The van der Waals surface area contributed by atoms with Gasteiger partial charge in [0.2, 0.25) is 0 Å². The molecule has 148 valence electrons. The van der Waals surface area contributed by atoms with Crippen molar-refractivity contribution in [2.75, 3.05) is 13.1 Å². The number of hydrogen-bond acceptors (Lipinski definition) is 3. The van der Waals surface area contributed by atoms with Gasteiger partial charge in [-0.3, -0.25) is 9.67 Å². The summed E-state index contributed by atoms with van der Waals surface area (Å²) in [7, 11) is 2.00. The molecule has 0 fully saturated rings. The van der Waals surface area contributed by atoms with Gasteiger partial charge in [-0.15, -0.1) is 11.8 Å². The Labute approximate surface area is 168 Å². The van der Waals surface area contributed by atoms with Gasteiger partial charge in [0, 0.05) is 35.5 Å². The minimum atomic E-state index is 0.279. The van der Waals surface area contributed by atoms with Gasteiger partial charge in [-0.1, -0.05) is 25.1 Å². The standard InChI is InChI=1S/C21H33N5S/c1-7-22-21(23-14-16(3)27-19-11-9-8-10-12-19)24-15(2)13-20-17(4)25-26(6)18(20)5/h8-12,15-16H,7,13-14H2,1-6H3,(H2,22,23,24). The quantitative estimate of drug-likeness (QED) is 0.412. The third-order valence-electron chi connectivity index (χ3n) is 4.48. The second-order valence-electron chi connectivity index (χ2n) is 6.98. The predicted octanol–water partition coefficient (Wildman–Crippen LogP) is 3.70. The molecule has 27 heavy (non-hydrogen) atoms. The molecule has 2 rings (SSSR count). The van der Waals surface area contributed by atoms with Crippen LogP contribution in [0.5, 0.6) is 0 Å². The Bertz CT molecular complexity index is 739. The van der Waals surface area contributed by atoms with E-state index in [-0.39, 0.29) is 6.04 Å². The highest BCUT2D eigenvalue weighted by Crippen LogP contribution is 2.22. The average Bonchev–Trinajstić information content (AvgIpc) is 2.87. The van der Waals surface area contributed by atoms with Gasteiger partial charge in [-0.25, -0.2) is 0 Å². The maximum Gasteiger partial charge on any atom is 0.191 e. The van der Waals surface area contributed by atoms with Gasteiger partial charge < -0.3 is 10.6 Å². The Kier molecular flexibility index (Phi) is 8.23. The molecule has 0 spiro atoms. The number of nitrogens with zero attached hydrogens (tertiary/aromatic N) is 3. The van der Waals surface area contributed by atoms with Crippen molar-refractivity contribution in [1.29, 1.82) is 0 Å². The van der Waals surface area contributed by atoms with Crippen molar-refractivity contribution in [2.24, 2.45) is 12.0 Å². The van der Waals surface area contributed by atoms with Crippen LogP contribution >= 0.6 is 11.8 Å². The first-order chi connectivity index (χ1) is 12.9. The molecule has 2 atom stereocenters. The molecule has 0 bridgehead atoms. The van der Waals surface area contributed by atoms with Gasteiger partial charge in [0.15, 0.2) is 5.96 Å². The summed E-state index contributed by atoms with van der Waals surface area (Å²) in [6.07, 6.45) is 0.935. The Hall–Kier alpha value is -1.95. The van der Waals surface area contributed by atoms with Crippen molar-refractivity contribution in [3.05, 3.63) is 47.3 Å². The van der Waals surface area contributed by atoms with Crippen LogP contribution in [0.1, 0.15) is 37.7 Å². The fourth-order valence-electron chi connectivity index (χ4n) is 3.01. The van der Waals surface area contributed by atoms with E-state index in [2.05, 4.69) is 74.6 Å². The number of hydrogen-bond donors (Lipinski definition) is 2. The molecule has 0 saturated heterocycles. The van der Waals surface area contributed by atoms with Gasteiger partial charge >= 0.3 is 0 Å². The fourth-order valence-corrected chi connectivity index (χ4v) is 3.94. The smallest absolute Gasteiger partial charge is 0.191 e. The lowest BCUT2D eigenvalue weighted by Crippen LogP contribution is -2.43. The first-order valence-electron chi connectivity index (χ1n) is 9.66. The number of thioether (sulfide) groups is 1. The first-order valence-corrected chi connectivity index (χ1v) is 10.5. The number of aromatic nitrogens is 2. The van der Waals surface area contributed by atoms with E-state index in [9.17, 15) is 0 Å². The van der Waals surface area contributed by atoms with Crippen LogP contribution in [0.4, 0.5) is 0 Å². The summed E-state index contributed by atoms with van der Waals surface area (Å²) in [4.78, 5) is 6.08. The summed E-state index contributed by atoms with van der Waals surface area (Å²) in [6, 6.07) is 10.8. The number of benzene rings is 1. The molecule has 1 aromatic heterocycles. The van der Waals surface area contributed by atoms with Crippen molar-refractivity contribution >= 4 is 17.7 Å². The van der Waals surface area contributed by atoms with Gasteiger partial charge in [0.1, 0.15) is 0 Å². The normalized spacial score (nSPS) is 14.1. The predicted molar refractivity (Wildman–Crippen MR) is 117 cm³/mol. The zero-order valence-corrected chi connectivity index (χ0v) is 18.2. The van der Waals surface area contributed by atoms with Crippen molar-refractivity contribution in [1.82, 2.24) is 20.4 Å². The molecule has 5 nitrogen and oxygen atoms in total. The lowest BCUT2D eigenvalue weighted by atomic mass is 10.1. The third-order valence-corrected chi connectivity index (χ3v) is 5.58. The second-order valence-corrected chi connectivity index (χ2v) is 8.50. The van der Waals surface area contributed by atoms with Gasteiger partial charge in [0.05, 0.1) is 12.2 Å². The topological polar surface area (TPSA) is 54.2 Å². The molecule has 0 aliphatic rings. The molecule has 1 aromatic carbocycles. The van der Waals surface area contributed by atoms with Gasteiger partial charge in [0.25, 0.3) is 0 Å². The van der Waals surface area contributed by atoms with E-state index < -0.39 is 0 Å². The molecule has 6 heteroatoms. The number of aryl methyl sites for hydroxylation is 2. The van der Waals surface area contributed by atoms with Gasteiger partial charge in [-0.05, 0) is 51.8 Å². The molecule has 2 unspecified atom stereocenters. The van der Waals surface area contributed by atoms with Crippen LogP contribution in [-0.4, -0.2) is 40.1 Å². The molecule has 2 N–H and O–H groups in total. The molecule has 0 saturated carbocycles. The summed E-state index contributed by atoms with van der Waals surface area (Å²) in [6.45, 7) is 12.3. The van der Waals surface area contributed by atoms with Crippen molar-refractivity contribution in [3.63, 3.8) is 0 Å². The van der Waals surface area contributed by atoms with Crippen LogP contribution in [0.3, 0.4) is 0 Å². The Balaban J connectivity index is 1.93. The van der Waals surface area contributed by atoms with E-state index in [0.717, 1.165) is 31.2 Å². The summed E-state index contributed by atoms with van der Waals surface area (Å²) in [5.74, 6) is 0.879. The van der Waals surface area contributed by atoms with Crippen LogP contribution in [-0.2, 0) is 13.5 Å². The first kappa shape index (κ1) is 21.4. The highest BCUT2D eigenvalue weighted by Gasteiger charge is 2.14. The maximum atomic E-state index is 4.79. The zero-order valence-electron chi connectivity index (χ0n) is 17.4. The SMILES string of the molecule is CCNC(=NCC(C)Sc1ccccc1)NC(C)Cc1c(C)nn(C)c1C. The summed E-state index contributed by atoms with van der Waals surface area (Å²) in [5, 5.41) is 11.8. The van der Waals surface area contributed by atoms with E-state index in [0.29, 0.717) is 5.25 Å². The highest BCUT2D eigenvalue weighted by atomic mass is 32.2. The molecular weight excluding hydrogens is 354 g/mol. The lowest BCUT2D eigenvalue weighted by molar-refractivity contribution is 0.635. The minimum Gasteiger partial charge on any atom is -0.357 e. The molecule has 1 heterocycles. The molecular formula is C21H33N5S. The fraction of sp³-hybridized carbons (Fsp3) is 0.524. The minimum absolute atomic E-state index is 0.279. The van der Waals surface area contributed by atoms with E-state index >= 15 is 0 Å². The van der Waals surface area contributed by atoms with Crippen LogP contribution in [0.2, 0.25) is 0 Å². The van der Waals surface area contributed by atoms with Crippen LogP contribution in [0, 0.1) is 13.8 Å². The average molecular weight is 388 g/mol. The third kappa shape index (κ3) is 6.61. The Morgan fingerprint density at radius 3 is 2.52 bits per heavy atom. The molecule has 0 amide bonds. The van der Waals surface area contributed by atoms with Crippen LogP contribution in [0.15, 0.2) is 40.2 Å². The van der Waals surface area contributed by atoms with Crippen molar-refractivity contribution in [3.8, 4) is 0 Å². The number of nitrogens with one attached hydrogen (secondary N) is 2. The zero-order chi connectivity index (χ0) is 19.8. The monoisotopic (exact) mass is 387 g/mol. The van der Waals surface area contributed by atoms with Crippen LogP contribution < -0.4 is 10.6 Å². The van der Waals surface area contributed by atoms with Gasteiger partial charge in [-0.2, -0.15) is 5.10 Å². The molecule has 2 aromatic rings. The van der Waals surface area contributed by atoms with E-state index in [4.69, 9.17) is 4.99 Å². The molecule has 0 radical (unpaired) electrons. The second kappa shape index (κ2) is 10.4. The number of aliphatic imine (C=N–C) groups is 1. The Morgan fingerprint density at radius 1 is 1.22 bits per heavy atom. The number of rotatable bonds is 8. The number of guanidine groups is 1. The highest BCUT2D eigenvalue weighted by molar-refractivity contribution is 8.00. The molecule has 0 aliphatic heterocycles. The van der Waals surface area contributed by atoms with Crippen molar-refractivity contribution < 1.29 is 0 Å². The van der Waals surface area contributed by atoms with E-state index in [1.807, 2.05) is 29.6 Å². The Morgan fingerprint density at radius 2 is 1.93 bits per heavy atom. The maximum absolute atomic E-state index is 4.79. The largest absolute Gasteiger partial charge is 0.357 e. The van der Waals surface area contributed by atoms with Crippen LogP contribution in [0.25, 0.3) is 0 Å². The van der Waals surface area contributed by atoms with Crippen molar-refractivity contribution in [2.45, 2.75) is 57.2 Å². The summed E-state index contributed by atoms with van der Waals surface area (Å²) in [5.41, 5.74) is 3.66. The van der Waals surface area contributed by atoms with E-state index in [1.54, 1.807) is 0 Å². The summed E-state index contributed by atoms with van der Waals surface area (Å²) < 4.78 is 1.96. The lowest BCUT2D eigenvalue weighted by Gasteiger charge is -2.19. The summed E-state index contributed by atoms with van der Waals surface area (Å²) >= 11 is 1.86.